The van der Waals surface area contributed by atoms with Gasteiger partial charge >= 0.3 is 0 Å². The zero-order valence-corrected chi connectivity index (χ0v) is 16.8. The van der Waals surface area contributed by atoms with E-state index in [4.69, 9.17) is 5.73 Å². The number of likely N-dealkylation sites (N-methyl/N-ethyl adjacent to an activating group) is 1. The minimum atomic E-state index is -0.265. The minimum Gasteiger partial charge on any atom is -0.397 e. The van der Waals surface area contributed by atoms with Gasteiger partial charge < -0.3 is 5.73 Å². The van der Waals surface area contributed by atoms with Crippen LogP contribution in [0.3, 0.4) is 0 Å². The molecule has 1 aromatic carbocycles. The maximum absolute atomic E-state index is 13.3. The van der Waals surface area contributed by atoms with Gasteiger partial charge in [0.1, 0.15) is 5.82 Å². The highest BCUT2D eigenvalue weighted by atomic mass is 19.1. The SMILES string of the molecule is CCN(CC)C(C)(C)Cc1nnc(-c2ccc(F)cc2)c(C(C)C)c1N. The fraction of sp³-hybridized carbons (Fsp3) is 0.524. The molecular formula is C21H31FN4. The minimum absolute atomic E-state index is 0.0576. The van der Waals surface area contributed by atoms with Crippen LogP contribution in [-0.4, -0.2) is 33.7 Å². The number of hydrogen-bond donors (Lipinski definition) is 1. The van der Waals surface area contributed by atoms with Crippen molar-refractivity contribution in [3.8, 4) is 11.3 Å². The first-order valence-corrected chi connectivity index (χ1v) is 9.37. The molecular weight excluding hydrogens is 327 g/mol. The molecule has 0 unspecified atom stereocenters. The second-order valence-electron chi connectivity index (χ2n) is 7.65. The van der Waals surface area contributed by atoms with E-state index < -0.39 is 0 Å². The smallest absolute Gasteiger partial charge is 0.123 e. The number of halogens is 1. The molecule has 2 rings (SSSR count). The van der Waals surface area contributed by atoms with E-state index in [0.29, 0.717) is 5.69 Å². The Bertz CT molecular complexity index is 734. The van der Waals surface area contributed by atoms with Crippen LogP contribution in [0.4, 0.5) is 10.1 Å². The van der Waals surface area contributed by atoms with Gasteiger partial charge in [0, 0.05) is 23.1 Å². The van der Waals surface area contributed by atoms with Crippen molar-refractivity contribution in [1.29, 1.82) is 0 Å². The molecule has 1 aromatic heterocycles. The van der Waals surface area contributed by atoms with Gasteiger partial charge in [-0.1, -0.05) is 27.7 Å². The van der Waals surface area contributed by atoms with Crippen molar-refractivity contribution in [3.05, 3.63) is 41.3 Å². The largest absolute Gasteiger partial charge is 0.397 e. The van der Waals surface area contributed by atoms with Crippen molar-refractivity contribution in [2.75, 3.05) is 18.8 Å². The summed E-state index contributed by atoms with van der Waals surface area (Å²) in [6, 6.07) is 6.33. The van der Waals surface area contributed by atoms with Crippen molar-refractivity contribution in [1.82, 2.24) is 15.1 Å². The molecule has 0 spiro atoms. The van der Waals surface area contributed by atoms with Crippen LogP contribution in [0, 0.1) is 5.82 Å². The van der Waals surface area contributed by atoms with E-state index in [2.05, 4.69) is 56.6 Å². The average molecular weight is 359 g/mol. The first-order chi connectivity index (χ1) is 12.2. The molecule has 0 bridgehead atoms. The molecule has 1 heterocycles. The molecule has 0 saturated carbocycles. The normalized spacial score (nSPS) is 12.2. The van der Waals surface area contributed by atoms with Crippen molar-refractivity contribution >= 4 is 5.69 Å². The van der Waals surface area contributed by atoms with E-state index in [1.807, 2.05) is 0 Å². The molecule has 0 aliphatic heterocycles. The lowest BCUT2D eigenvalue weighted by Gasteiger charge is -2.37. The predicted octanol–water partition coefficient (Wildman–Crippen LogP) is 4.65. The van der Waals surface area contributed by atoms with Crippen LogP contribution in [0.1, 0.15) is 58.7 Å². The Morgan fingerprint density at radius 3 is 2.15 bits per heavy atom. The van der Waals surface area contributed by atoms with Gasteiger partial charge in [-0.2, -0.15) is 5.10 Å². The third-order valence-corrected chi connectivity index (χ3v) is 5.04. The van der Waals surface area contributed by atoms with Gasteiger partial charge in [0.25, 0.3) is 0 Å². The van der Waals surface area contributed by atoms with Crippen molar-refractivity contribution in [2.45, 2.75) is 59.4 Å². The summed E-state index contributed by atoms with van der Waals surface area (Å²) < 4.78 is 13.3. The molecule has 0 amide bonds. The van der Waals surface area contributed by atoms with Gasteiger partial charge in [0.2, 0.25) is 0 Å². The molecule has 26 heavy (non-hydrogen) atoms. The molecule has 0 aliphatic rings. The molecule has 2 aromatic rings. The Hall–Kier alpha value is -2.01. The molecule has 0 radical (unpaired) electrons. The van der Waals surface area contributed by atoms with Crippen LogP contribution in [0.25, 0.3) is 11.3 Å². The Morgan fingerprint density at radius 2 is 1.65 bits per heavy atom. The number of hydrogen-bond acceptors (Lipinski definition) is 4. The van der Waals surface area contributed by atoms with Gasteiger partial charge in [-0.25, -0.2) is 4.39 Å². The zero-order chi connectivity index (χ0) is 19.5. The van der Waals surface area contributed by atoms with Gasteiger partial charge in [-0.15, -0.1) is 5.10 Å². The number of aromatic nitrogens is 2. The van der Waals surface area contributed by atoms with Crippen LogP contribution in [0.15, 0.2) is 24.3 Å². The number of nitrogens with zero attached hydrogens (tertiary/aromatic N) is 3. The number of nitrogens with two attached hydrogens (primary N) is 1. The molecule has 2 N–H and O–H groups in total. The second-order valence-corrected chi connectivity index (χ2v) is 7.65. The topological polar surface area (TPSA) is 55.0 Å². The maximum Gasteiger partial charge on any atom is 0.123 e. The number of benzene rings is 1. The van der Waals surface area contributed by atoms with Crippen LogP contribution in [-0.2, 0) is 6.42 Å². The summed E-state index contributed by atoms with van der Waals surface area (Å²) in [4.78, 5) is 2.40. The third kappa shape index (κ3) is 4.21. The molecule has 142 valence electrons. The highest BCUT2D eigenvalue weighted by Crippen LogP contribution is 2.34. The summed E-state index contributed by atoms with van der Waals surface area (Å²) >= 11 is 0. The van der Waals surface area contributed by atoms with Gasteiger partial charge in [-0.05, 0) is 57.1 Å². The highest BCUT2D eigenvalue weighted by molar-refractivity contribution is 5.70. The first kappa shape index (κ1) is 20.3. The fourth-order valence-corrected chi connectivity index (χ4v) is 3.64. The van der Waals surface area contributed by atoms with Crippen LogP contribution in [0.5, 0.6) is 0 Å². The lowest BCUT2D eigenvalue weighted by molar-refractivity contribution is 0.134. The van der Waals surface area contributed by atoms with Gasteiger partial charge in [-0.3, -0.25) is 4.90 Å². The Balaban J connectivity index is 2.48. The summed E-state index contributed by atoms with van der Waals surface area (Å²) in [6.07, 6.45) is 0.733. The number of anilines is 1. The monoisotopic (exact) mass is 358 g/mol. The Morgan fingerprint density at radius 1 is 1.08 bits per heavy atom. The van der Waals surface area contributed by atoms with E-state index in [1.165, 1.54) is 12.1 Å². The predicted molar refractivity (Wildman–Crippen MR) is 107 cm³/mol. The van der Waals surface area contributed by atoms with E-state index in [9.17, 15) is 4.39 Å². The number of nitrogen functional groups attached to an aromatic ring is 1. The first-order valence-electron chi connectivity index (χ1n) is 9.37. The van der Waals surface area contributed by atoms with Crippen LogP contribution in [0.2, 0.25) is 0 Å². The zero-order valence-electron chi connectivity index (χ0n) is 16.8. The third-order valence-electron chi connectivity index (χ3n) is 5.04. The molecule has 4 nitrogen and oxygen atoms in total. The molecule has 0 fully saturated rings. The van der Waals surface area contributed by atoms with E-state index in [1.54, 1.807) is 12.1 Å². The van der Waals surface area contributed by atoms with Gasteiger partial charge in [0.05, 0.1) is 17.1 Å². The van der Waals surface area contributed by atoms with Gasteiger partial charge in [0.15, 0.2) is 0 Å². The molecule has 5 heteroatoms. The maximum atomic E-state index is 13.3. The summed E-state index contributed by atoms with van der Waals surface area (Å²) in [5.41, 5.74) is 10.6. The van der Waals surface area contributed by atoms with E-state index >= 15 is 0 Å². The standard InChI is InChI=1S/C21H31FN4/c1-7-26(8-2)21(5,6)13-17-19(23)18(14(3)4)20(25-24-17)15-9-11-16(22)12-10-15/h9-12,14H,7-8,13H2,1-6H3,(H2,23,25). The Labute approximate surface area is 156 Å². The molecule has 0 aliphatic carbocycles. The molecule has 0 saturated heterocycles. The lowest BCUT2D eigenvalue weighted by Crippen LogP contribution is -2.45. The number of rotatable bonds is 7. The van der Waals surface area contributed by atoms with Crippen molar-refractivity contribution in [2.24, 2.45) is 0 Å². The summed E-state index contributed by atoms with van der Waals surface area (Å²) in [7, 11) is 0. The highest BCUT2D eigenvalue weighted by Gasteiger charge is 2.28. The Kier molecular flexibility index (Phi) is 6.34. The van der Waals surface area contributed by atoms with Crippen LogP contribution >= 0.6 is 0 Å². The summed E-state index contributed by atoms with van der Waals surface area (Å²) in [5, 5.41) is 8.95. The second kappa shape index (κ2) is 8.12. The fourth-order valence-electron chi connectivity index (χ4n) is 3.64. The quantitative estimate of drug-likeness (QED) is 0.783. The lowest BCUT2D eigenvalue weighted by atomic mass is 9.90. The van der Waals surface area contributed by atoms with E-state index in [0.717, 1.165) is 42.0 Å². The van der Waals surface area contributed by atoms with Crippen molar-refractivity contribution in [3.63, 3.8) is 0 Å². The average Bonchev–Trinajstić information content (AvgIpc) is 2.57. The van der Waals surface area contributed by atoms with Crippen molar-refractivity contribution < 1.29 is 4.39 Å². The summed E-state index contributed by atoms with van der Waals surface area (Å²) in [6.45, 7) is 14.9. The molecule has 0 atom stereocenters. The van der Waals surface area contributed by atoms with Crippen LogP contribution < -0.4 is 5.73 Å². The summed E-state index contributed by atoms with van der Waals surface area (Å²) in [5.74, 6) is -0.0701. The van der Waals surface area contributed by atoms with E-state index in [-0.39, 0.29) is 17.3 Å².